The van der Waals surface area contributed by atoms with E-state index in [0.717, 1.165) is 0 Å². The Morgan fingerprint density at radius 3 is 2.29 bits per heavy atom. The van der Waals surface area contributed by atoms with Crippen molar-refractivity contribution >= 4 is 14.5 Å². The Balaban J connectivity index is 4.29. The van der Waals surface area contributed by atoms with Crippen molar-refractivity contribution in [2.24, 2.45) is 0 Å². The summed E-state index contributed by atoms with van der Waals surface area (Å²) in [5.41, 5.74) is 0.462. The summed E-state index contributed by atoms with van der Waals surface area (Å²) in [5, 5.41) is 10.1. The Morgan fingerprint density at radius 1 is 1.43 bits per heavy atom. The van der Waals surface area contributed by atoms with Gasteiger partial charge in [-0.3, -0.25) is 5.09 Å². The van der Waals surface area contributed by atoms with Crippen LogP contribution in [-0.4, -0.2) is 18.3 Å². The average molecular weight is 242 g/mol. The molecule has 14 heavy (non-hydrogen) atoms. The molecule has 9 heteroatoms. The molecule has 0 spiro atoms. The third kappa shape index (κ3) is 4.48. The second-order valence-corrected chi connectivity index (χ2v) is 7.90. The van der Waals surface area contributed by atoms with Crippen molar-refractivity contribution in [3.8, 4) is 0 Å². The van der Waals surface area contributed by atoms with E-state index in [9.17, 15) is 23.8 Å². The number of hydrogen-bond donors (Lipinski definition) is 2. The highest BCUT2D eigenvalue weighted by atomic mass is 32.1. The van der Waals surface area contributed by atoms with Crippen LogP contribution in [0.5, 0.6) is 0 Å². The summed E-state index contributed by atoms with van der Waals surface area (Å²) in [6.07, 6.45) is 1.26. The number of nitrogens with one attached hydrogen (secondary N) is 1. The maximum absolute atomic E-state index is 10.7. The molecule has 1 atom stereocenters. The average Bonchev–Trinajstić information content (AvgIpc) is 2.01. The van der Waals surface area contributed by atoms with Crippen LogP contribution in [0.3, 0.4) is 0 Å². The van der Waals surface area contributed by atoms with Gasteiger partial charge in [0.05, 0.1) is 6.61 Å². The Bertz CT molecular complexity index is 307. The molecule has 0 rings (SSSR count). The predicted molar refractivity (Wildman–Crippen MR) is 44.1 cm³/mol. The zero-order valence-electron chi connectivity index (χ0n) is 7.37. The Labute approximate surface area is 81.0 Å². The molecule has 0 aromatic rings. The van der Waals surface area contributed by atoms with E-state index in [1.54, 1.807) is 5.09 Å². The maximum Gasteiger partial charge on any atom is 0.107 e. The quantitative estimate of drug-likeness (QED) is 0.416. The lowest BCUT2D eigenvalue weighted by atomic mass is 10.3. The molecule has 1 unspecified atom stereocenters. The van der Waals surface area contributed by atoms with Crippen molar-refractivity contribution in [1.29, 1.82) is 0 Å². The van der Waals surface area contributed by atoms with Gasteiger partial charge in [0.25, 0.3) is 0 Å². The standard InChI is InChI=1S/C5H13NO6P2/c1-5(4-7)2-3-6-13(8,9)14(10,11)12/h2,7H,3-4H2,1H3,(H2,6,8,9)(H2,10,11,12)/p-3/b5-2+. The zero-order chi connectivity index (χ0) is 11.4. The first-order valence-corrected chi connectivity index (χ1v) is 7.43. The predicted octanol–water partition coefficient (Wildman–Crippen LogP) is -2.10. The third-order valence-corrected chi connectivity index (χ3v) is 4.90. The summed E-state index contributed by atoms with van der Waals surface area (Å²) in [4.78, 5) is 31.0. The highest BCUT2D eigenvalue weighted by molar-refractivity contribution is 8.25. The lowest BCUT2D eigenvalue weighted by Gasteiger charge is -2.42. The highest BCUT2D eigenvalue weighted by Gasteiger charge is 2.10. The van der Waals surface area contributed by atoms with Crippen LogP contribution in [-0.2, 0) is 9.13 Å². The molecule has 0 amide bonds. The molecule has 0 aliphatic heterocycles. The summed E-state index contributed by atoms with van der Waals surface area (Å²) >= 11 is 0. The molecule has 0 aliphatic carbocycles. The molecule has 0 saturated heterocycles. The lowest BCUT2D eigenvalue weighted by molar-refractivity contribution is -0.312. The fourth-order valence-corrected chi connectivity index (χ4v) is 1.75. The summed E-state index contributed by atoms with van der Waals surface area (Å²) in [7, 11) is -10.8. The van der Waals surface area contributed by atoms with Gasteiger partial charge in [-0.25, -0.2) is 0 Å². The maximum atomic E-state index is 10.7. The largest absolute Gasteiger partial charge is 0.805 e. The monoisotopic (exact) mass is 242 g/mol. The van der Waals surface area contributed by atoms with Gasteiger partial charge in [-0.05, 0) is 14.2 Å². The van der Waals surface area contributed by atoms with Crippen LogP contribution in [0.15, 0.2) is 11.6 Å². The van der Waals surface area contributed by atoms with Gasteiger partial charge in [0.1, 0.15) is 7.21 Å². The van der Waals surface area contributed by atoms with Gasteiger partial charge < -0.3 is 28.9 Å². The topological polar surface area (TPSA) is 136 Å². The molecule has 0 heterocycles. The van der Waals surface area contributed by atoms with Crippen LogP contribution in [0.4, 0.5) is 0 Å². The van der Waals surface area contributed by atoms with E-state index >= 15 is 0 Å². The van der Waals surface area contributed by atoms with Gasteiger partial charge in [0.2, 0.25) is 0 Å². The van der Waals surface area contributed by atoms with Crippen LogP contribution < -0.4 is 19.8 Å². The molecule has 0 aliphatic rings. The van der Waals surface area contributed by atoms with E-state index in [-0.39, 0.29) is 13.2 Å². The highest BCUT2D eigenvalue weighted by Crippen LogP contribution is 2.62. The van der Waals surface area contributed by atoms with Gasteiger partial charge in [-0.1, -0.05) is 11.6 Å². The van der Waals surface area contributed by atoms with Crippen LogP contribution >= 0.6 is 14.5 Å². The molecule has 0 aromatic carbocycles. The van der Waals surface area contributed by atoms with Crippen molar-refractivity contribution in [3.63, 3.8) is 0 Å². The first-order chi connectivity index (χ1) is 6.20. The van der Waals surface area contributed by atoms with E-state index in [4.69, 9.17) is 5.11 Å². The molecule has 0 fully saturated rings. The minimum absolute atomic E-state index is 0.267. The SMILES string of the molecule is C/C(=C\CNP(=O)([O-])P(=O)([O-])[O-])CO. The van der Waals surface area contributed by atoms with Crippen molar-refractivity contribution in [1.82, 2.24) is 5.09 Å². The Morgan fingerprint density at radius 2 is 1.93 bits per heavy atom. The van der Waals surface area contributed by atoms with Crippen molar-refractivity contribution in [3.05, 3.63) is 11.6 Å². The molecule has 2 N–H and O–H groups in total. The Hall–Kier alpha value is -0.0000000000000000694. The second-order valence-electron chi connectivity index (χ2n) is 2.56. The zero-order valence-corrected chi connectivity index (χ0v) is 9.16. The van der Waals surface area contributed by atoms with Gasteiger partial charge in [-0.15, -0.1) is 0 Å². The summed E-state index contributed by atoms with van der Waals surface area (Å²) < 4.78 is 20.8. The summed E-state index contributed by atoms with van der Waals surface area (Å²) in [6, 6.07) is 0. The van der Waals surface area contributed by atoms with E-state index in [0.29, 0.717) is 5.57 Å². The van der Waals surface area contributed by atoms with Crippen molar-refractivity contribution in [2.75, 3.05) is 13.2 Å². The molecule has 0 bridgehead atoms. The van der Waals surface area contributed by atoms with Crippen LogP contribution in [0.2, 0.25) is 0 Å². The second kappa shape index (κ2) is 5.19. The smallest absolute Gasteiger partial charge is 0.107 e. The molecule has 0 radical (unpaired) electrons. The molecular weight excluding hydrogens is 232 g/mol. The number of aliphatic hydroxyl groups is 1. The molecule has 0 aromatic heterocycles. The van der Waals surface area contributed by atoms with Gasteiger partial charge in [0, 0.05) is 6.54 Å². The molecule has 0 saturated carbocycles. The first kappa shape index (κ1) is 14.0. The minimum Gasteiger partial charge on any atom is -0.805 e. The summed E-state index contributed by atoms with van der Waals surface area (Å²) in [6.45, 7) is 0.921. The normalized spacial score (nSPS) is 17.9. The fraction of sp³-hybridized carbons (Fsp3) is 0.600. The van der Waals surface area contributed by atoms with Crippen LogP contribution in [0, 0.1) is 0 Å². The first-order valence-electron chi connectivity index (χ1n) is 3.56. The number of aliphatic hydroxyl groups excluding tert-OH is 1. The van der Waals surface area contributed by atoms with Crippen LogP contribution in [0.1, 0.15) is 6.92 Å². The summed E-state index contributed by atoms with van der Waals surface area (Å²) in [5.74, 6) is 0. The van der Waals surface area contributed by atoms with E-state index in [2.05, 4.69) is 0 Å². The molecule has 84 valence electrons. The van der Waals surface area contributed by atoms with Gasteiger partial charge in [0.15, 0.2) is 0 Å². The molecular formula is C5H10NO6P2-3. The van der Waals surface area contributed by atoms with Crippen molar-refractivity contribution in [2.45, 2.75) is 6.92 Å². The lowest BCUT2D eigenvalue weighted by Crippen LogP contribution is -2.28. The fourth-order valence-electron chi connectivity index (χ4n) is 0.486. The third-order valence-electron chi connectivity index (χ3n) is 1.31. The van der Waals surface area contributed by atoms with Gasteiger partial charge >= 0.3 is 0 Å². The molecule has 7 nitrogen and oxygen atoms in total. The van der Waals surface area contributed by atoms with Gasteiger partial charge in [-0.2, -0.15) is 0 Å². The van der Waals surface area contributed by atoms with Crippen molar-refractivity contribution < 1.29 is 28.9 Å². The van der Waals surface area contributed by atoms with E-state index < -0.39 is 14.5 Å². The Kier molecular flexibility index (Phi) is 5.19. The number of rotatable bonds is 5. The van der Waals surface area contributed by atoms with E-state index in [1.807, 2.05) is 0 Å². The minimum atomic E-state index is -5.64. The van der Waals surface area contributed by atoms with E-state index in [1.165, 1.54) is 13.0 Å². The number of hydrogen-bond acceptors (Lipinski definition) is 6. The van der Waals surface area contributed by atoms with Crippen LogP contribution in [0.25, 0.3) is 0 Å².